The van der Waals surface area contributed by atoms with Gasteiger partial charge in [-0.2, -0.15) is 0 Å². The van der Waals surface area contributed by atoms with E-state index >= 15 is 0 Å². The Balaban J connectivity index is 1.87. The summed E-state index contributed by atoms with van der Waals surface area (Å²) in [6, 6.07) is 11.1. The SMILES string of the molecule is COc1ccc(CCN(C)C(=O)COc2ccc(Cl)cc2C)cc1OC. The Bertz CT molecular complexity index is 763. The molecule has 0 heterocycles. The van der Waals surface area contributed by atoms with Gasteiger partial charge in [0.25, 0.3) is 5.91 Å². The lowest BCUT2D eigenvalue weighted by molar-refractivity contribution is -0.132. The largest absolute Gasteiger partial charge is 0.493 e. The second kappa shape index (κ2) is 9.34. The summed E-state index contributed by atoms with van der Waals surface area (Å²) in [7, 11) is 4.97. The van der Waals surface area contributed by atoms with Crippen LogP contribution in [0.15, 0.2) is 36.4 Å². The number of carbonyl (C=O) groups excluding carboxylic acids is 1. The van der Waals surface area contributed by atoms with Crippen molar-refractivity contribution in [3.63, 3.8) is 0 Å². The molecule has 26 heavy (non-hydrogen) atoms. The first-order chi connectivity index (χ1) is 12.4. The number of carbonyl (C=O) groups is 1. The number of benzene rings is 2. The highest BCUT2D eigenvalue weighted by Gasteiger charge is 2.12. The van der Waals surface area contributed by atoms with Gasteiger partial charge in [-0.25, -0.2) is 0 Å². The highest BCUT2D eigenvalue weighted by atomic mass is 35.5. The number of nitrogens with zero attached hydrogens (tertiary/aromatic N) is 1. The molecule has 5 nitrogen and oxygen atoms in total. The van der Waals surface area contributed by atoms with Crippen LogP contribution in [-0.4, -0.2) is 45.2 Å². The maximum atomic E-state index is 12.3. The third-order valence-electron chi connectivity index (χ3n) is 4.10. The molecule has 0 unspecified atom stereocenters. The lowest BCUT2D eigenvalue weighted by Crippen LogP contribution is -2.33. The second-order valence-electron chi connectivity index (χ2n) is 5.95. The van der Waals surface area contributed by atoms with Gasteiger partial charge in [0.2, 0.25) is 0 Å². The monoisotopic (exact) mass is 377 g/mol. The minimum Gasteiger partial charge on any atom is -0.493 e. The highest BCUT2D eigenvalue weighted by molar-refractivity contribution is 6.30. The molecule has 0 aliphatic heterocycles. The molecule has 6 heteroatoms. The third kappa shape index (κ3) is 5.30. The Morgan fingerprint density at radius 2 is 1.73 bits per heavy atom. The van der Waals surface area contributed by atoms with Gasteiger partial charge in [-0.05, 0) is 54.8 Å². The van der Waals surface area contributed by atoms with Gasteiger partial charge in [-0.15, -0.1) is 0 Å². The van der Waals surface area contributed by atoms with Gasteiger partial charge in [0, 0.05) is 18.6 Å². The number of halogens is 1. The Morgan fingerprint density at radius 3 is 2.38 bits per heavy atom. The molecule has 140 valence electrons. The summed E-state index contributed by atoms with van der Waals surface area (Å²) in [6.45, 7) is 2.47. The number of rotatable bonds is 8. The van der Waals surface area contributed by atoms with Crippen LogP contribution in [-0.2, 0) is 11.2 Å². The average Bonchev–Trinajstić information content (AvgIpc) is 2.64. The molecular weight excluding hydrogens is 354 g/mol. The maximum absolute atomic E-state index is 12.3. The topological polar surface area (TPSA) is 48.0 Å². The first-order valence-electron chi connectivity index (χ1n) is 8.28. The number of hydrogen-bond donors (Lipinski definition) is 0. The van der Waals surface area contributed by atoms with Gasteiger partial charge in [0.05, 0.1) is 14.2 Å². The zero-order chi connectivity index (χ0) is 19.1. The molecule has 0 bridgehead atoms. The van der Waals surface area contributed by atoms with Crippen molar-refractivity contribution in [2.24, 2.45) is 0 Å². The van der Waals surface area contributed by atoms with Crippen LogP contribution in [0.3, 0.4) is 0 Å². The van der Waals surface area contributed by atoms with Gasteiger partial charge >= 0.3 is 0 Å². The van der Waals surface area contributed by atoms with Crippen LogP contribution in [0.2, 0.25) is 5.02 Å². The lowest BCUT2D eigenvalue weighted by atomic mass is 10.1. The molecule has 2 rings (SSSR count). The van der Waals surface area contributed by atoms with Gasteiger partial charge in [0.1, 0.15) is 5.75 Å². The summed E-state index contributed by atoms with van der Waals surface area (Å²) in [4.78, 5) is 13.9. The van der Waals surface area contributed by atoms with Crippen LogP contribution in [0.1, 0.15) is 11.1 Å². The fourth-order valence-corrected chi connectivity index (χ4v) is 2.71. The zero-order valence-electron chi connectivity index (χ0n) is 15.5. The Kier molecular flexibility index (Phi) is 7.16. The standard InChI is InChI=1S/C20H24ClNO4/c1-14-11-16(21)6-8-17(14)26-13-20(23)22(2)10-9-15-5-7-18(24-3)19(12-15)25-4/h5-8,11-12H,9-10,13H2,1-4H3. The molecule has 0 saturated carbocycles. The quantitative estimate of drug-likeness (QED) is 0.703. The first-order valence-corrected chi connectivity index (χ1v) is 8.66. The summed E-state index contributed by atoms with van der Waals surface area (Å²) in [5.41, 5.74) is 1.97. The lowest BCUT2D eigenvalue weighted by Gasteiger charge is -2.18. The molecule has 0 fully saturated rings. The van der Waals surface area contributed by atoms with Crippen LogP contribution < -0.4 is 14.2 Å². The number of amides is 1. The van der Waals surface area contributed by atoms with E-state index in [1.54, 1.807) is 38.3 Å². The number of aryl methyl sites for hydroxylation is 1. The highest BCUT2D eigenvalue weighted by Crippen LogP contribution is 2.27. The number of ether oxygens (including phenoxy) is 3. The summed E-state index contributed by atoms with van der Waals surface area (Å²) < 4.78 is 16.1. The van der Waals surface area contributed by atoms with Crippen LogP contribution in [0.4, 0.5) is 0 Å². The van der Waals surface area contributed by atoms with Crippen LogP contribution >= 0.6 is 11.6 Å². The molecule has 0 N–H and O–H groups in total. The third-order valence-corrected chi connectivity index (χ3v) is 4.33. The van der Waals surface area contributed by atoms with Crippen molar-refractivity contribution in [3.05, 3.63) is 52.5 Å². The van der Waals surface area contributed by atoms with Crippen molar-refractivity contribution in [2.75, 3.05) is 34.4 Å². The minimum absolute atomic E-state index is 0.00902. The normalized spacial score (nSPS) is 10.3. The van der Waals surface area contributed by atoms with Crippen molar-refractivity contribution < 1.29 is 19.0 Å². The van der Waals surface area contributed by atoms with Gasteiger partial charge in [-0.3, -0.25) is 4.79 Å². The average molecular weight is 378 g/mol. The van der Waals surface area contributed by atoms with E-state index in [0.29, 0.717) is 35.2 Å². The smallest absolute Gasteiger partial charge is 0.260 e. The fraction of sp³-hybridized carbons (Fsp3) is 0.350. The summed E-state index contributed by atoms with van der Waals surface area (Å²) in [5.74, 6) is 1.95. The molecule has 0 aliphatic rings. The van der Waals surface area contributed by atoms with Crippen LogP contribution in [0, 0.1) is 6.92 Å². The molecule has 0 aliphatic carbocycles. The van der Waals surface area contributed by atoms with E-state index in [2.05, 4.69) is 0 Å². The van der Waals surface area contributed by atoms with Crippen molar-refractivity contribution >= 4 is 17.5 Å². The van der Waals surface area contributed by atoms with Crippen molar-refractivity contribution in [1.29, 1.82) is 0 Å². The van der Waals surface area contributed by atoms with Gasteiger partial charge in [0.15, 0.2) is 18.1 Å². The van der Waals surface area contributed by atoms with E-state index < -0.39 is 0 Å². The molecule has 0 aromatic heterocycles. The van der Waals surface area contributed by atoms with E-state index in [1.807, 2.05) is 31.2 Å². The molecule has 1 amide bonds. The predicted molar refractivity (Wildman–Crippen MR) is 103 cm³/mol. The predicted octanol–water partition coefficient (Wildman–Crippen LogP) is 3.75. The first kappa shape index (κ1) is 19.9. The Labute approximate surface area is 159 Å². The van der Waals surface area contributed by atoms with E-state index in [-0.39, 0.29) is 12.5 Å². The van der Waals surface area contributed by atoms with Crippen LogP contribution in [0.5, 0.6) is 17.2 Å². The maximum Gasteiger partial charge on any atom is 0.260 e. The van der Waals surface area contributed by atoms with Crippen molar-refractivity contribution in [3.8, 4) is 17.2 Å². The molecule has 2 aromatic rings. The van der Waals surface area contributed by atoms with Crippen molar-refractivity contribution in [1.82, 2.24) is 4.90 Å². The number of likely N-dealkylation sites (N-methyl/N-ethyl adjacent to an activating group) is 1. The van der Waals surface area contributed by atoms with E-state index in [0.717, 1.165) is 11.1 Å². The summed E-state index contributed by atoms with van der Waals surface area (Å²) in [6.07, 6.45) is 0.711. The summed E-state index contributed by atoms with van der Waals surface area (Å²) in [5, 5.41) is 0.646. The van der Waals surface area contributed by atoms with E-state index in [9.17, 15) is 4.79 Å². The molecule has 0 radical (unpaired) electrons. The molecule has 0 saturated heterocycles. The Hall–Kier alpha value is -2.40. The molecule has 0 atom stereocenters. The second-order valence-corrected chi connectivity index (χ2v) is 6.39. The van der Waals surface area contributed by atoms with E-state index in [1.165, 1.54) is 0 Å². The Morgan fingerprint density at radius 1 is 1.04 bits per heavy atom. The molecular formula is C20H24ClNO4. The minimum atomic E-state index is -0.0835. The molecule has 2 aromatic carbocycles. The van der Waals surface area contributed by atoms with Gasteiger partial charge in [-0.1, -0.05) is 17.7 Å². The van der Waals surface area contributed by atoms with E-state index in [4.69, 9.17) is 25.8 Å². The summed E-state index contributed by atoms with van der Waals surface area (Å²) >= 11 is 5.92. The molecule has 0 spiro atoms. The number of methoxy groups -OCH3 is 2. The zero-order valence-corrected chi connectivity index (χ0v) is 16.3. The van der Waals surface area contributed by atoms with Crippen molar-refractivity contribution in [2.45, 2.75) is 13.3 Å². The van der Waals surface area contributed by atoms with Crippen LogP contribution in [0.25, 0.3) is 0 Å². The number of hydrogen-bond acceptors (Lipinski definition) is 4. The fourth-order valence-electron chi connectivity index (χ4n) is 2.48. The van der Waals surface area contributed by atoms with Gasteiger partial charge < -0.3 is 19.1 Å².